The first-order valence-electron chi connectivity index (χ1n) is 49.2. The van der Waals surface area contributed by atoms with E-state index in [4.69, 9.17) is 39.1 Å². The number of carbonyl (C=O) groups is 19. The number of nitrogens with two attached hydrogens (primary N) is 1. The summed E-state index contributed by atoms with van der Waals surface area (Å²) in [5, 5.41) is 69.7. The van der Waals surface area contributed by atoms with Gasteiger partial charge in [0.05, 0.1) is 83.4 Å². The van der Waals surface area contributed by atoms with E-state index in [1.165, 1.54) is 63.4 Å². The number of piperidine rings is 2. The Labute approximate surface area is 853 Å². The van der Waals surface area contributed by atoms with Crippen molar-refractivity contribution in [3.8, 4) is 11.5 Å². The molecule has 3 aromatic carbocycles. The number of carboxylic acids is 1. The molecule has 0 saturated carbocycles. The number of aromatic nitrogens is 2. The lowest BCUT2D eigenvalue weighted by Gasteiger charge is -2.38. The van der Waals surface area contributed by atoms with Gasteiger partial charge in [-0.05, 0) is 111 Å². The SMILES string of the molecule is CC[C@H](C)[C@H]1C(=O)NC[C@@H](NC(=O)c2nc3ccccc3cc2O[C@@H]2O[C@H](C(=O)O)[C@@H](O)[C@H](O)[C@H]2O)C(=O)N2CCCC[C@H]2C(=O)NCC(=O)N(C)CC(=O)N(C)[C@@H]([C@@H](C)CC)C(=O)NC[C@@H](NC(=O)c2nc3ccccc3cc2OCc2ccc(NC(=O)[C@H](CCCNC(N)=O)NC(=O)[C@@H](NC(=O)CCOCCOCCOCCN3C(=O)C=CC3=O)C(C)C)cc2)C(=O)N2CCCC[C@H]2C(=O)NCC(=O)N(C)CC(=O)N1C. The number of amides is 19. The van der Waals surface area contributed by atoms with Crippen molar-refractivity contribution in [3.63, 3.8) is 0 Å². The molecule has 0 radical (unpaired) electrons. The molecule has 49 nitrogen and oxygen atoms in total. The Hall–Kier alpha value is -14.5. The number of carbonyl (C=O) groups excluding carboxylic acids is 18. The second-order valence-electron chi connectivity index (χ2n) is 37.1. The number of carboxylic acid groups (broad SMARTS) is 1. The van der Waals surface area contributed by atoms with E-state index in [0.29, 0.717) is 47.5 Å². The molecule has 0 unspecified atom stereocenters. The van der Waals surface area contributed by atoms with Crippen LogP contribution in [0.15, 0.2) is 97.1 Å². The van der Waals surface area contributed by atoms with Crippen LogP contribution in [0.5, 0.6) is 11.5 Å². The molecule has 15 atom stereocenters. The minimum absolute atomic E-state index is 0.00315. The van der Waals surface area contributed by atoms with Crippen molar-refractivity contribution in [2.24, 2.45) is 23.5 Å². The number of hydrogen-bond acceptors (Lipinski definition) is 30. The van der Waals surface area contributed by atoms with Gasteiger partial charge in [0.25, 0.3) is 23.6 Å². The molecule has 804 valence electrons. The van der Waals surface area contributed by atoms with Crippen molar-refractivity contribution in [2.45, 2.75) is 198 Å². The second-order valence-corrected chi connectivity index (χ2v) is 37.1. The minimum Gasteiger partial charge on any atom is -0.486 e. The number of rotatable bonds is 36. The van der Waals surface area contributed by atoms with Crippen LogP contribution in [0, 0.1) is 17.8 Å². The fourth-order valence-corrected chi connectivity index (χ4v) is 17.2. The van der Waals surface area contributed by atoms with Gasteiger partial charge in [-0.25, -0.2) is 19.6 Å². The highest BCUT2D eigenvalue weighted by molar-refractivity contribution is 6.13. The first kappa shape index (κ1) is 115. The van der Waals surface area contributed by atoms with Crippen LogP contribution in [0.3, 0.4) is 0 Å². The number of nitrogens with zero attached hydrogens (tertiary/aromatic N) is 9. The number of aliphatic carboxylic acids is 1. The lowest BCUT2D eigenvalue weighted by Crippen LogP contribution is -2.62. The zero-order valence-corrected chi connectivity index (χ0v) is 84.4. The third-order valence-corrected chi connectivity index (χ3v) is 26.2. The summed E-state index contributed by atoms with van der Waals surface area (Å²) in [6, 6.07) is 9.85. The van der Waals surface area contributed by atoms with Gasteiger partial charge in [0.1, 0.15) is 73.3 Å². The van der Waals surface area contributed by atoms with Crippen LogP contribution in [0.2, 0.25) is 0 Å². The molecule has 0 spiro atoms. The lowest BCUT2D eigenvalue weighted by molar-refractivity contribution is -0.271. The number of hydrogen-bond donors (Lipinski definition) is 15. The van der Waals surface area contributed by atoms with Crippen molar-refractivity contribution in [2.75, 3.05) is 139 Å². The zero-order chi connectivity index (χ0) is 108. The number of aliphatic hydroxyl groups excluding tert-OH is 3. The number of anilines is 1. The molecule has 10 rings (SSSR count). The van der Waals surface area contributed by atoms with Crippen LogP contribution in [0.1, 0.15) is 139 Å². The number of likely N-dealkylation sites (N-methyl/N-ethyl adjacent to an activating group) is 4. The molecular weight excluding hydrogens is 1930 g/mol. The van der Waals surface area contributed by atoms with Crippen LogP contribution in [0.4, 0.5) is 10.5 Å². The van der Waals surface area contributed by atoms with Crippen molar-refractivity contribution >= 4 is 140 Å². The Morgan fingerprint density at radius 2 is 1.03 bits per heavy atom. The maximum absolute atomic E-state index is 15.7. The first-order valence-corrected chi connectivity index (χ1v) is 49.2. The molecule has 2 aromatic heterocycles. The summed E-state index contributed by atoms with van der Waals surface area (Å²) in [7, 11) is 5.13. The third-order valence-electron chi connectivity index (χ3n) is 26.2. The summed E-state index contributed by atoms with van der Waals surface area (Å²) >= 11 is 0. The standard InChI is InChI=1S/C99H134N20O29/c1-11-56(5)81-93(136)102-48-65(110-91(134)79-69(46-59-22-13-15-24-62(59)107-79)146-54-58-29-31-61(32-30-58)106-87(130)64(26-21-36-101-99(100)142)109-90(133)78(55(3)4)112-71(120)35-40-143-42-44-145-45-43-144-41-39-119-72(121)33-34-73(119)122)95(138)117-37-19-17-27-67(117)88(131)104-50-74(123)114(8)53-77(126)116(10)82(57(6)12-2)94(137)103-49-66(96(139)118-38-20-18-28-68(118)89(132)105-51-75(124)113(7)52-76(125)115(81)9)111-92(135)80-70(47-60-23-14-16-25-63(60)108-80)147-98-85(129)83(127)84(128)86(148-98)97(140)141/h13-16,22-25,29-34,46-47,55-57,64-68,78,81-86,98,127-129H,11-12,17-21,26-28,35-45,48-54H2,1-10H3,(H,102,136)(H,103,137)(H,104,131)(H,105,132)(H,106,130)(H,109,133)(H,110,134)(H,111,135)(H,112,120)(H,140,141)(H3,100,101,142)/t56-,57-,64-,65+,66+,67-,68-,78-,81-,82-,83-,84-,85+,86-,98+/m0/s1. The first-order chi connectivity index (χ1) is 70.6. The lowest BCUT2D eigenvalue weighted by atomic mass is 9.96. The van der Waals surface area contributed by atoms with Gasteiger partial charge in [0.2, 0.25) is 83.1 Å². The molecular formula is C99H134N20O29. The van der Waals surface area contributed by atoms with E-state index >= 15 is 24.0 Å². The number of nitrogens with one attached hydrogen (secondary N) is 10. The Balaban J connectivity index is 0.855. The van der Waals surface area contributed by atoms with E-state index in [9.17, 15) is 87.5 Å². The smallest absolute Gasteiger partial charge is 0.335 e. The zero-order valence-electron chi connectivity index (χ0n) is 84.4. The highest BCUT2D eigenvalue weighted by Gasteiger charge is 2.50. The number of para-hydroxylation sites is 2. The Morgan fingerprint density at radius 1 is 0.554 bits per heavy atom. The number of urea groups is 1. The number of imide groups is 1. The van der Waals surface area contributed by atoms with Crippen molar-refractivity contribution in [1.82, 2.24) is 92.1 Å². The average Bonchev–Trinajstić information content (AvgIpc) is 0.878. The van der Waals surface area contributed by atoms with E-state index in [-0.39, 0.29) is 140 Å². The van der Waals surface area contributed by atoms with Crippen LogP contribution >= 0.6 is 0 Å². The molecule has 7 heterocycles. The highest BCUT2D eigenvalue weighted by atomic mass is 16.7. The van der Waals surface area contributed by atoms with Crippen LogP contribution in [-0.2, 0) is 102 Å². The van der Waals surface area contributed by atoms with Crippen LogP contribution < -0.4 is 68.4 Å². The summed E-state index contributed by atoms with van der Waals surface area (Å²) in [6.07, 6.45) is -6.33. The van der Waals surface area contributed by atoms with E-state index in [0.717, 1.165) is 29.4 Å². The van der Waals surface area contributed by atoms with E-state index in [2.05, 4.69) is 58.2 Å². The number of aliphatic hydroxyl groups is 3. The minimum atomic E-state index is -2.15. The summed E-state index contributed by atoms with van der Waals surface area (Å²) in [4.78, 5) is 284. The molecule has 4 fully saturated rings. The molecule has 49 heteroatoms. The largest absolute Gasteiger partial charge is 0.486 e. The van der Waals surface area contributed by atoms with Gasteiger partial charge in [-0.3, -0.25) is 86.4 Å². The molecule has 5 aliphatic heterocycles. The average molecular weight is 2070 g/mol. The third kappa shape index (κ3) is 31.5. The molecule has 4 saturated heterocycles. The number of fused-ring (bicyclic) bond motifs is 4. The van der Waals surface area contributed by atoms with Crippen LogP contribution in [0.25, 0.3) is 21.8 Å². The topological polar surface area (TPSA) is 655 Å². The Bertz CT molecular complexity index is 5640. The molecule has 5 aliphatic rings. The maximum atomic E-state index is 15.7. The normalized spacial score (nSPS) is 22.7. The summed E-state index contributed by atoms with van der Waals surface area (Å²) in [5.41, 5.74) is 5.52. The number of benzene rings is 3. The number of pyridine rings is 2. The van der Waals surface area contributed by atoms with Gasteiger partial charge < -0.3 is 137 Å². The number of ether oxygens (including phenoxy) is 6. The van der Waals surface area contributed by atoms with Gasteiger partial charge in [0, 0.05) is 95.9 Å². The van der Waals surface area contributed by atoms with E-state index < -0.39 is 260 Å². The van der Waals surface area contributed by atoms with Crippen molar-refractivity contribution in [1.29, 1.82) is 0 Å². The fraction of sp³-hybridized carbons (Fsp3) is 0.545. The van der Waals surface area contributed by atoms with Gasteiger partial charge in [0.15, 0.2) is 29.0 Å². The maximum Gasteiger partial charge on any atom is 0.335 e. The quantitative estimate of drug-likeness (QED) is 0.0150. The molecule has 5 aromatic rings. The van der Waals surface area contributed by atoms with Gasteiger partial charge >= 0.3 is 12.0 Å². The van der Waals surface area contributed by atoms with Crippen molar-refractivity contribution in [3.05, 3.63) is 114 Å². The van der Waals surface area contributed by atoms with E-state index in [1.807, 2.05) is 0 Å². The Kier molecular flexibility index (Phi) is 43.1. The Morgan fingerprint density at radius 3 is 1.52 bits per heavy atom. The predicted molar refractivity (Wildman–Crippen MR) is 527 cm³/mol. The van der Waals surface area contributed by atoms with Crippen molar-refractivity contribution < 1.29 is 140 Å². The molecule has 148 heavy (non-hydrogen) atoms. The van der Waals surface area contributed by atoms with Gasteiger partial charge in [-0.1, -0.05) is 103 Å². The summed E-state index contributed by atoms with van der Waals surface area (Å²) in [6.45, 7) is 6.25. The van der Waals surface area contributed by atoms with Crippen LogP contribution in [-0.4, -0.2) is 389 Å². The van der Waals surface area contributed by atoms with Gasteiger partial charge in [-0.2, -0.15) is 0 Å². The molecule has 0 aliphatic carbocycles. The summed E-state index contributed by atoms with van der Waals surface area (Å²) < 4.78 is 34.2. The predicted octanol–water partition coefficient (Wildman–Crippen LogP) is -2.19. The van der Waals surface area contributed by atoms with E-state index in [1.54, 1.807) is 108 Å². The highest BCUT2D eigenvalue weighted by Crippen LogP contribution is 2.32. The monoisotopic (exact) mass is 2070 g/mol. The molecule has 16 N–H and O–H groups in total. The summed E-state index contributed by atoms with van der Waals surface area (Å²) in [5.74, 6) is -17.6. The number of primary amides is 1. The second kappa shape index (κ2) is 55.3. The molecule has 0 bridgehead atoms. The molecule has 19 amide bonds. The van der Waals surface area contributed by atoms with Gasteiger partial charge in [-0.15, -0.1) is 0 Å². The fourth-order valence-electron chi connectivity index (χ4n) is 17.2.